The standard InChI is InChI=1S/C27H25N5O2/c1-16-20-12-17-6-4-10-31-11-5-8-19(25(17)31)26(20)34-27(33)21(16)13-29-32-14-23-24(28-15-32)18-7-2-3-9-22(18)30-23/h2-3,7,9,12-13,15,30H,4-6,8,10-11,14H2,1H3/b29-13-. The van der Waals surface area contributed by atoms with E-state index in [2.05, 4.69) is 32.1 Å². The first kappa shape index (κ1) is 19.6. The molecule has 4 aromatic rings. The van der Waals surface area contributed by atoms with Gasteiger partial charge in [0, 0.05) is 40.6 Å². The van der Waals surface area contributed by atoms with Crippen molar-refractivity contribution >= 4 is 45.8 Å². The van der Waals surface area contributed by atoms with Crippen molar-refractivity contribution < 1.29 is 4.42 Å². The second kappa shape index (κ2) is 7.32. The third-order valence-corrected chi connectivity index (χ3v) is 7.42. The highest BCUT2D eigenvalue weighted by molar-refractivity contribution is 5.96. The van der Waals surface area contributed by atoms with Crippen LogP contribution < -0.4 is 10.5 Å². The lowest BCUT2D eigenvalue weighted by Gasteiger charge is -2.37. The van der Waals surface area contributed by atoms with Gasteiger partial charge in [-0.05, 0) is 55.9 Å². The number of hydrazone groups is 1. The molecule has 0 atom stereocenters. The first-order valence-electron chi connectivity index (χ1n) is 12.0. The van der Waals surface area contributed by atoms with Gasteiger partial charge >= 0.3 is 5.63 Å². The molecule has 0 amide bonds. The number of aryl methyl sites for hydroxylation is 3. The first-order valence-corrected chi connectivity index (χ1v) is 12.0. The van der Waals surface area contributed by atoms with Crippen molar-refractivity contribution in [1.82, 2.24) is 9.99 Å². The number of rotatable bonds is 2. The summed E-state index contributed by atoms with van der Waals surface area (Å²) in [5.41, 5.74) is 8.77. The van der Waals surface area contributed by atoms with E-state index in [9.17, 15) is 4.79 Å². The van der Waals surface area contributed by atoms with Crippen molar-refractivity contribution in [1.29, 1.82) is 0 Å². The van der Waals surface area contributed by atoms with Crippen molar-refractivity contribution in [2.24, 2.45) is 10.1 Å². The molecular weight excluding hydrogens is 426 g/mol. The van der Waals surface area contributed by atoms with Gasteiger partial charge in [-0.1, -0.05) is 18.2 Å². The van der Waals surface area contributed by atoms with Crippen molar-refractivity contribution in [3.8, 4) is 0 Å². The Balaban J connectivity index is 1.27. The normalized spacial score (nSPS) is 17.1. The molecule has 0 radical (unpaired) electrons. The zero-order chi connectivity index (χ0) is 22.8. The van der Waals surface area contributed by atoms with Gasteiger partial charge in [0.05, 0.1) is 29.7 Å². The Morgan fingerprint density at radius 3 is 2.91 bits per heavy atom. The number of nitrogens with zero attached hydrogens (tertiary/aromatic N) is 4. The number of aromatic amines is 1. The molecule has 5 heterocycles. The van der Waals surface area contributed by atoms with Crippen LogP contribution >= 0.6 is 0 Å². The molecule has 7 nitrogen and oxygen atoms in total. The third-order valence-electron chi connectivity index (χ3n) is 7.42. The van der Waals surface area contributed by atoms with Crippen LogP contribution in [0.25, 0.3) is 21.9 Å². The summed E-state index contributed by atoms with van der Waals surface area (Å²) in [6, 6.07) is 10.4. The van der Waals surface area contributed by atoms with Gasteiger partial charge in [-0.25, -0.2) is 14.8 Å². The van der Waals surface area contributed by atoms with Gasteiger partial charge in [0.1, 0.15) is 11.9 Å². The van der Waals surface area contributed by atoms with Crippen molar-refractivity contribution in [2.75, 3.05) is 18.0 Å². The summed E-state index contributed by atoms with van der Waals surface area (Å²) in [7, 11) is 0. The summed E-state index contributed by atoms with van der Waals surface area (Å²) in [6.45, 7) is 4.75. The molecule has 2 aromatic carbocycles. The number of fused-ring (bicyclic) bond motifs is 5. The van der Waals surface area contributed by atoms with Gasteiger partial charge in [0.15, 0.2) is 0 Å². The van der Waals surface area contributed by atoms with Crippen molar-refractivity contribution in [2.45, 2.75) is 39.2 Å². The average Bonchev–Trinajstić information content (AvgIpc) is 3.23. The summed E-state index contributed by atoms with van der Waals surface area (Å²) in [5.74, 6) is 0. The summed E-state index contributed by atoms with van der Waals surface area (Å²) in [4.78, 5) is 23.5. The molecule has 0 saturated carbocycles. The second-order valence-corrected chi connectivity index (χ2v) is 9.45. The summed E-state index contributed by atoms with van der Waals surface area (Å²) in [5, 5.41) is 8.46. The Kier molecular flexibility index (Phi) is 4.21. The van der Waals surface area contributed by atoms with E-state index in [1.54, 1.807) is 17.6 Å². The molecule has 0 fully saturated rings. The zero-order valence-electron chi connectivity index (χ0n) is 19.1. The summed E-state index contributed by atoms with van der Waals surface area (Å²) >= 11 is 0. The van der Waals surface area contributed by atoms with Crippen molar-refractivity contribution in [3.05, 3.63) is 68.7 Å². The van der Waals surface area contributed by atoms with Gasteiger partial charge in [0.2, 0.25) is 0 Å². The number of aromatic nitrogens is 1. The van der Waals surface area contributed by atoms with Crippen LogP contribution in [-0.2, 0) is 19.4 Å². The number of para-hydroxylation sites is 1. The smallest absolute Gasteiger partial charge is 0.345 e. The fourth-order valence-electron chi connectivity index (χ4n) is 5.80. The van der Waals surface area contributed by atoms with Crippen LogP contribution in [0.4, 0.5) is 11.4 Å². The fraction of sp³-hybridized carbons (Fsp3) is 0.296. The molecule has 3 aliphatic rings. The minimum Gasteiger partial charge on any atom is -0.422 e. The Labute approximate surface area is 196 Å². The minimum absolute atomic E-state index is 0.335. The molecule has 7 heteroatoms. The molecule has 1 N–H and O–H groups in total. The molecule has 3 aliphatic heterocycles. The van der Waals surface area contributed by atoms with Gasteiger partial charge < -0.3 is 14.3 Å². The number of nitrogens with one attached hydrogen (secondary N) is 1. The lowest BCUT2D eigenvalue weighted by Crippen LogP contribution is -2.34. The maximum atomic E-state index is 13.0. The third kappa shape index (κ3) is 2.86. The molecule has 7 rings (SSSR count). The summed E-state index contributed by atoms with van der Waals surface area (Å²) < 4.78 is 5.95. The van der Waals surface area contributed by atoms with Gasteiger partial charge in [0.25, 0.3) is 0 Å². The number of H-pyrrole nitrogens is 1. The number of hydrogen-bond acceptors (Lipinski definition) is 6. The maximum Gasteiger partial charge on any atom is 0.345 e. The van der Waals surface area contributed by atoms with Gasteiger partial charge in [-0.2, -0.15) is 5.10 Å². The molecule has 2 aromatic heterocycles. The van der Waals surface area contributed by atoms with Gasteiger partial charge in [-0.3, -0.25) is 0 Å². The highest BCUT2D eigenvalue weighted by atomic mass is 16.4. The van der Waals surface area contributed by atoms with E-state index in [0.717, 1.165) is 71.2 Å². The molecule has 0 unspecified atom stereocenters. The van der Waals surface area contributed by atoms with E-state index < -0.39 is 0 Å². The Hall–Kier alpha value is -3.87. The molecule has 170 valence electrons. The molecule has 0 aliphatic carbocycles. The predicted octanol–water partition coefficient (Wildman–Crippen LogP) is 4.79. The lowest BCUT2D eigenvalue weighted by molar-refractivity contribution is 0.444. The topological polar surface area (TPSA) is 77.2 Å². The Morgan fingerprint density at radius 1 is 1.15 bits per heavy atom. The number of benzene rings is 2. The SMILES string of the molecule is Cc1c(/C=N\N2C=Nc3c([nH]c4ccccc34)C2)c(=O)oc2c3c4c(cc12)CCCN4CCC3. The van der Waals surface area contributed by atoms with Crippen LogP contribution in [0.15, 0.2) is 49.6 Å². The average molecular weight is 452 g/mol. The van der Waals surface area contributed by atoms with E-state index in [1.165, 1.54) is 23.2 Å². The van der Waals surface area contributed by atoms with E-state index in [4.69, 9.17) is 4.42 Å². The maximum absolute atomic E-state index is 13.0. The zero-order valence-corrected chi connectivity index (χ0v) is 19.1. The van der Waals surface area contributed by atoms with Crippen LogP contribution in [0, 0.1) is 6.92 Å². The fourth-order valence-corrected chi connectivity index (χ4v) is 5.80. The second-order valence-electron chi connectivity index (χ2n) is 9.45. The molecule has 0 saturated heterocycles. The minimum atomic E-state index is -0.335. The van der Waals surface area contributed by atoms with Crippen molar-refractivity contribution in [3.63, 3.8) is 0 Å². The van der Waals surface area contributed by atoms with Gasteiger partial charge in [-0.15, -0.1) is 0 Å². The van der Waals surface area contributed by atoms with Crippen LogP contribution in [0.2, 0.25) is 0 Å². The number of aliphatic imine (C=N–C) groups is 1. The van der Waals surface area contributed by atoms with E-state index in [-0.39, 0.29) is 5.63 Å². The van der Waals surface area contributed by atoms with Crippen LogP contribution in [0.5, 0.6) is 0 Å². The molecular formula is C27H25N5O2. The van der Waals surface area contributed by atoms with Crippen LogP contribution in [0.3, 0.4) is 0 Å². The van der Waals surface area contributed by atoms with E-state index in [1.807, 2.05) is 25.1 Å². The molecule has 0 bridgehead atoms. The lowest BCUT2D eigenvalue weighted by atomic mass is 9.89. The highest BCUT2D eigenvalue weighted by Crippen LogP contribution is 2.40. The number of anilines is 1. The Bertz CT molecular complexity index is 1590. The molecule has 34 heavy (non-hydrogen) atoms. The van der Waals surface area contributed by atoms with Crippen LogP contribution in [-0.4, -0.2) is 35.6 Å². The summed E-state index contributed by atoms with van der Waals surface area (Å²) in [6.07, 6.45) is 7.65. The number of hydrogen-bond donors (Lipinski definition) is 1. The predicted molar refractivity (Wildman–Crippen MR) is 136 cm³/mol. The highest BCUT2D eigenvalue weighted by Gasteiger charge is 2.28. The quantitative estimate of drug-likeness (QED) is 0.351. The first-order chi connectivity index (χ1) is 16.7. The molecule has 0 spiro atoms. The van der Waals surface area contributed by atoms with E-state index >= 15 is 0 Å². The van der Waals surface area contributed by atoms with Crippen LogP contribution in [0.1, 0.15) is 40.8 Å². The Morgan fingerprint density at radius 2 is 2.00 bits per heavy atom. The van der Waals surface area contributed by atoms with E-state index in [0.29, 0.717) is 12.1 Å². The largest absolute Gasteiger partial charge is 0.422 e. The monoisotopic (exact) mass is 451 g/mol.